The molecule has 1 aliphatic heterocycles. The third-order valence-corrected chi connectivity index (χ3v) is 4.31. The molecule has 0 bridgehead atoms. The van der Waals surface area contributed by atoms with E-state index in [0.717, 1.165) is 30.2 Å². The summed E-state index contributed by atoms with van der Waals surface area (Å²) in [6, 6.07) is 11.2. The second-order valence-electron chi connectivity index (χ2n) is 6.00. The van der Waals surface area contributed by atoms with E-state index in [0.29, 0.717) is 13.0 Å². The highest BCUT2D eigenvalue weighted by Gasteiger charge is 2.21. The number of likely N-dealkylation sites (tertiary alicyclic amines) is 1. The molecule has 0 unspecified atom stereocenters. The van der Waals surface area contributed by atoms with Gasteiger partial charge in [-0.15, -0.1) is 0 Å². The van der Waals surface area contributed by atoms with Crippen molar-refractivity contribution in [1.82, 2.24) is 10.2 Å². The Morgan fingerprint density at radius 2 is 1.92 bits per heavy atom. The molecule has 6 heteroatoms. The number of aromatic hydroxyl groups is 1. The number of nitrogens with one attached hydrogen (secondary N) is 1. The van der Waals surface area contributed by atoms with E-state index >= 15 is 0 Å². The molecular formula is C19H19FN2O3. The first-order chi connectivity index (χ1) is 12.1. The van der Waals surface area contributed by atoms with Crippen LogP contribution in [-0.4, -0.2) is 28.4 Å². The Bertz CT molecular complexity index is 787. The zero-order chi connectivity index (χ0) is 17.8. The van der Waals surface area contributed by atoms with Gasteiger partial charge in [-0.1, -0.05) is 30.3 Å². The van der Waals surface area contributed by atoms with Gasteiger partial charge in [-0.3, -0.25) is 9.59 Å². The van der Waals surface area contributed by atoms with Crippen LogP contribution < -0.4 is 5.32 Å². The monoisotopic (exact) mass is 342 g/mol. The number of benzene rings is 2. The highest BCUT2D eigenvalue weighted by atomic mass is 19.1. The molecule has 3 rings (SSSR count). The predicted octanol–water partition coefficient (Wildman–Crippen LogP) is 2.58. The van der Waals surface area contributed by atoms with Crippen LogP contribution in [0.5, 0.6) is 5.75 Å². The molecule has 2 aromatic carbocycles. The summed E-state index contributed by atoms with van der Waals surface area (Å²) in [6.45, 7) is 1.42. The Morgan fingerprint density at radius 1 is 1.16 bits per heavy atom. The van der Waals surface area contributed by atoms with Crippen LogP contribution in [0, 0.1) is 5.82 Å². The standard InChI is InChI=1S/C19H19FN2O3/c20-15-7-3-8-16(23)18(15)19(25)21-11-13-5-1-2-6-14(13)12-22-10-4-9-17(22)24/h1-3,5-8,23H,4,9-12H2,(H,21,25). The number of hydrogen-bond donors (Lipinski definition) is 2. The first-order valence-corrected chi connectivity index (χ1v) is 8.16. The number of carbonyl (C=O) groups excluding carboxylic acids is 2. The van der Waals surface area contributed by atoms with Crippen molar-refractivity contribution < 1.29 is 19.1 Å². The van der Waals surface area contributed by atoms with Crippen molar-refractivity contribution in [2.75, 3.05) is 6.54 Å². The van der Waals surface area contributed by atoms with Gasteiger partial charge < -0.3 is 15.3 Å². The van der Waals surface area contributed by atoms with Crippen molar-refractivity contribution >= 4 is 11.8 Å². The molecule has 0 atom stereocenters. The predicted molar refractivity (Wildman–Crippen MR) is 90.3 cm³/mol. The lowest BCUT2D eigenvalue weighted by molar-refractivity contribution is -0.128. The number of rotatable bonds is 5. The summed E-state index contributed by atoms with van der Waals surface area (Å²) in [7, 11) is 0. The fraction of sp³-hybridized carbons (Fsp3) is 0.263. The van der Waals surface area contributed by atoms with Gasteiger partial charge >= 0.3 is 0 Å². The van der Waals surface area contributed by atoms with Crippen molar-refractivity contribution in [1.29, 1.82) is 0 Å². The van der Waals surface area contributed by atoms with Crippen molar-refractivity contribution in [3.05, 3.63) is 65.0 Å². The maximum absolute atomic E-state index is 13.8. The van der Waals surface area contributed by atoms with Gasteiger partial charge in [-0.25, -0.2) is 4.39 Å². The molecule has 0 spiro atoms. The van der Waals surface area contributed by atoms with E-state index < -0.39 is 17.5 Å². The summed E-state index contributed by atoms with van der Waals surface area (Å²) in [6.07, 6.45) is 1.44. The molecule has 130 valence electrons. The normalized spacial score (nSPS) is 14.0. The number of hydrogen-bond acceptors (Lipinski definition) is 3. The van der Waals surface area contributed by atoms with Crippen molar-refractivity contribution in [2.45, 2.75) is 25.9 Å². The molecule has 1 saturated heterocycles. The maximum atomic E-state index is 13.8. The van der Waals surface area contributed by atoms with E-state index in [-0.39, 0.29) is 18.0 Å². The third-order valence-electron chi connectivity index (χ3n) is 4.31. The molecule has 2 N–H and O–H groups in total. The quantitative estimate of drug-likeness (QED) is 0.877. The van der Waals surface area contributed by atoms with Gasteiger partial charge in [0, 0.05) is 26.1 Å². The van der Waals surface area contributed by atoms with Crippen LogP contribution in [0.15, 0.2) is 42.5 Å². The average molecular weight is 342 g/mol. The Hall–Kier alpha value is -2.89. The lowest BCUT2D eigenvalue weighted by Gasteiger charge is -2.18. The summed E-state index contributed by atoms with van der Waals surface area (Å²) >= 11 is 0. The van der Waals surface area contributed by atoms with Gasteiger partial charge in [0.05, 0.1) is 0 Å². The second-order valence-corrected chi connectivity index (χ2v) is 6.00. The van der Waals surface area contributed by atoms with Gasteiger partial charge in [0.2, 0.25) is 5.91 Å². The number of phenolic OH excluding ortho intramolecular Hbond substituents is 1. The zero-order valence-electron chi connectivity index (χ0n) is 13.7. The number of nitrogens with zero attached hydrogens (tertiary/aromatic N) is 1. The minimum absolute atomic E-state index is 0.134. The fourth-order valence-corrected chi connectivity index (χ4v) is 2.96. The summed E-state index contributed by atoms with van der Waals surface area (Å²) in [5.41, 5.74) is 1.43. The van der Waals surface area contributed by atoms with Crippen LogP contribution in [0.3, 0.4) is 0 Å². The number of carbonyl (C=O) groups is 2. The highest BCUT2D eigenvalue weighted by molar-refractivity contribution is 5.97. The van der Waals surface area contributed by atoms with Gasteiger partial charge in [-0.2, -0.15) is 0 Å². The Kier molecular flexibility index (Phi) is 4.97. The number of phenols is 1. The van der Waals surface area contributed by atoms with Crippen LogP contribution in [0.25, 0.3) is 0 Å². The van der Waals surface area contributed by atoms with E-state index in [1.165, 1.54) is 12.1 Å². The van der Waals surface area contributed by atoms with E-state index in [1.807, 2.05) is 24.3 Å². The molecule has 0 aromatic heterocycles. The molecule has 0 aliphatic carbocycles. The topological polar surface area (TPSA) is 69.6 Å². The molecule has 0 radical (unpaired) electrons. The van der Waals surface area contributed by atoms with Gasteiger partial charge in [0.15, 0.2) is 0 Å². The Balaban J connectivity index is 1.71. The van der Waals surface area contributed by atoms with Crippen molar-refractivity contribution in [3.63, 3.8) is 0 Å². The second kappa shape index (κ2) is 7.34. The van der Waals surface area contributed by atoms with Crippen molar-refractivity contribution in [2.24, 2.45) is 0 Å². The maximum Gasteiger partial charge on any atom is 0.258 e. The lowest BCUT2D eigenvalue weighted by Crippen LogP contribution is -2.27. The first kappa shape index (κ1) is 17.0. The van der Waals surface area contributed by atoms with Crippen LogP contribution >= 0.6 is 0 Å². The minimum Gasteiger partial charge on any atom is -0.507 e. The summed E-state index contributed by atoms with van der Waals surface area (Å²) in [5, 5.41) is 12.3. The molecule has 1 heterocycles. The molecular weight excluding hydrogens is 323 g/mol. The Morgan fingerprint density at radius 3 is 2.60 bits per heavy atom. The van der Waals surface area contributed by atoms with Gasteiger partial charge in [-0.05, 0) is 29.7 Å². The van der Waals surface area contributed by atoms with E-state index in [2.05, 4.69) is 5.32 Å². The SMILES string of the molecule is O=C(NCc1ccccc1CN1CCCC1=O)c1c(O)cccc1F. The smallest absolute Gasteiger partial charge is 0.258 e. The van der Waals surface area contributed by atoms with Crippen LogP contribution in [-0.2, 0) is 17.9 Å². The number of halogens is 1. The molecule has 25 heavy (non-hydrogen) atoms. The van der Waals surface area contributed by atoms with E-state index in [9.17, 15) is 19.1 Å². The largest absolute Gasteiger partial charge is 0.507 e. The fourth-order valence-electron chi connectivity index (χ4n) is 2.96. The van der Waals surface area contributed by atoms with Gasteiger partial charge in [0.25, 0.3) is 5.91 Å². The van der Waals surface area contributed by atoms with Crippen LogP contribution in [0.2, 0.25) is 0 Å². The third kappa shape index (κ3) is 3.79. The molecule has 1 fully saturated rings. The molecule has 2 aromatic rings. The molecule has 0 saturated carbocycles. The van der Waals surface area contributed by atoms with E-state index in [1.54, 1.807) is 4.90 Å². The lowest BCUT2D eigenvalue weighted by atomic mass is 10.1. The summed E-state index contributed by atoms with van der Waals surface area (Å²) in [5.74, 6) is -1.71. The van der Waals surface area contributed by atoms with Crippen molar-refractivity contribution in [3.8, 4) is 5.75 Å². The van der Waals surface area contributed by atoms with Crippen LogP contribution in [0.1, 0.15) is 34.3 Å². The number of amides is 2. The van der Waals surface area contributed by atoms with Crippen LogP contribution in [0.4, 0.5) is 4.39 Å². The highest BCUT2D eigenvalue weighted by Crippen LogP contribution is 2.20. The molecule has 1 aliphatic rings. The average Bonchev–Trinajstić information content (AvgIpc) is 2.99. The Labute approximate surface area is 145 Å². The zero-order valence-corrected chi connectivity index (χ0v) is 13.7. The first-order valence-electron chi connectivity index (χ1n) is 8.16. The molecule has 5 nitrogen and oxygen atoms in total. The summed E-state index contributed by atoms with van der Waals surface area (Å²) in [4.78, 5) is 25.8. The van der Waals surface area contributed by atoms with Gasteiger partial charge in [0.1, 0.15) is 17.1 Å². The molecule has 2 amide bonds. The van der Waals surface area contributed by atoms with E-state index in [4.69, 9.17) is 0 Å². The summed E-state index contributed by atoms with van der Waals surface area (Å²) < 4.78 is 13.8. The minimum atomic E-state index is -0.770.